The van der Waals surface area contributed by atoms with Crippen molar-refractivity contribution in [2.75, 3.05) is 13.7 Å². The normalized spacial score (nSPS) is 21.1. The van der Waals surface area contributed by atoms with Crippen LogP contribution in [0.4, 0.5) is 0 Å². The van der Waals surface area contributed by atoms with Crippen LogP contribution in [0.5, 0.6) is 0 Å². The monoisotopic (exact) mass is 250 g/mol. The summed E-state index contributed by atoms with van der Waals surface area (Å²) in [5.41, 5.74) is 3.90. The number of allylic oxidation sites excluding steroid dienone is 1. The average Bonchev–Trinajstić information content (AvgIpc) is 2.49. The van der Waals surface area contributed by atoms with Crippen LogP contribution in [0, 0.1) is 0 Å². The molecule has 2 aromatic rings. The van der Waals surface area contributed by atoms with Crippen molar-refractivity contribution >= 4 is 0 Å². The number of fused-ring (bicyclic) bond motifs is 1. The van der Waals surface area contributed by atoms with Crippen molar-refractivity contribution < 1.29 is 4.74 Å². The molecule has 0 radical (unpaired) electrons. The zero-order valence-corrected chi connectivity index (χ0v) is 11.2. The summed E-state index contributed by atoms with van der Waals surface area (Å²) in [6.45, 7) is 0.671. The summed E-state index contributed by atoms with van der Waals surface area (Å²) in [5.74, 6) is 0. The van der Waals surface area contributed by atoms with Crippen molar-refractivity contribution in [2.45, 2.75) is 11.8 Å². The lowest BCUT2D eigenvalue weighted by molar-refractivity contribution is 0.165. The summed E-state index contributed by atoms with van der Waals surface area (Å²) in [6, 6.07) is 19.3. The number of hydrogen-bond donors (Lipinski definition) is 0. The van der Waals surface area contributed by atoms with Crippen molar-refractivity contribution in [3.8, 4) is 0 Å². The smallest absolute Gasteiger partial charge is 0.0635 e. The van der Waals surface area contributed by atoms with Gasteiger partial charge in [-0.05, 0) is 23.1 Å². The maximum absolute atomic E-state index is 5.54. The van der Waals surface area contributed by atoms with Gasteiger partial charge in [-0.15, -0.1) is 0 Å². The molecule has 19 heavy (non-hydrogen) atoms. The largest absolute Gasteiger partial charge is 0.383 e. The van der Waals surface area contributed by atoms with E-state index in [1.165, 1.54) is 16.7 Å². The Morgan fingerprint density at radius 2 is 1.74 bits per heavy atom. The Labute approximate surface area is 114 Å². The van der Waals surface area contributed by atoms with Gasteiger partial charge in [0.15, 0.2) is 0 Å². The first-order valence-corrected chi connectivity index (χ1v) is 6.67. The van der Waals surface area contributed by atoms with Gasteiger partial charge in [-0.2, -0.15) is 0 Å². The fraction of sp³-hybridized carbons (Fsp3) is 0.222. The molecule has 0 saturated carbocycles. The molecule has 3 rings (SSSR count). The third-order valence-electron chi connectivity index (χ3n) is 3.90. The van der Waals surface area contributed by atoms with Crippen molar-refractivity contribution in [1.82, 2.24) is 0 Å². The van der Waals surface area contributed by atoms with Crippen LogP contribution in [-0.4, -0.2) is 13.7 Å². The zero-order chi connectivity index (χ0) is 13.1. The van der Waals surface area contributed by atoms with Gasteiger partial charge in [0, 0.05) is 7.11 Å². The van der Waals surface area contributed by atoms with Gasteiger partial charge in [-0.3, -0.25) is 0 Å². The number of methoxy groups -OCH3 is 1. The highest BCUT2D eigenvalue weighted by atomic mass is 16.5. The summed E-state index contributed by atoms with van der Waals surface area (Å²) in [4.78, 5) is 0. The highest BCUT2D eigenvalue weighted by Gasteiger charge is 2.35. The van der Waals surface area contributed by atoms with Crippen LogP contribution in [-0.2, 0) is 16.6 Å². The molecule has 1 unspecified atom stereocenters. The second kappa shape index (κ2) is 5.02. The van der Waals surface area contributed by atoms with E-state index in [1.807, 2.05) is 0 Å². The number of ether oxygens (including phenoxy) is 1. The first-order valence-electron chi connectivity index (χ1n) is 6.67. The molecule has 0 bridgehead atoms. The predicted molar refractivity (Wildman–Crippen MR) is 78.4 cm³/mol. The van der Waals surface area contributed by atoms with Gasteiger partial charge < -0.3 is 4.74 Å². The van der Waals surface area contributed by atoms with E-state index in [1.54, 1.807) is 7.11 Å². The lowest BCUT2D eigenvalue weighted by Crippen LogP contribution is -2.33. The molecule has 96 valence electrons. The van der Waals surface area contributed by atoms with Gasteiger partial charge in [-0.25, -0.2) is 0 Å². The predicted octanol–water partition coefficient (Wildman–Crippen LogP) is 3.73. The Hall–Kier alpha value is -1.86. The number of benzene rings is 2. The topological polar surface area (TPSA) is 9.23 Å². The molecule has 1 atom stereocenters. The third-order valence-corrected chi connectivity index (χ3v) is 3.90. The highest BCUT2D eigenvalue weighted by Crippen LogP contribution is 2.39. The Balaban J connectivity index is 2.21. The van der Waals surface area contributed by atoms with Gasteiger partial charge in [0.25, 0.3) is 0 Å². The SMILES string of the molecule is COCC1(c2ccccc2)C=CCc2ccccc21. The summed E-state index contributed by atoms with van der Waals surface area (Å²) in [6.07, 6.45) is 5.57. The Morgan fingerprint density at radius 3 is 2.53 bits per heavy atom. The first-order chi connectivity index (χ1) is 9.37. The van der Waals surface area contributed by atoms with E-state index >= 15 is 0 Å². The maximum atomic E-state index is 5.54. The minimum atomic E-state index is -0.148. The van der Waals surface area contributed by atoms with Gasteiger partial charge >= 0.3 is 0 Å². The average molecular weight is 250 g/mol. The Morgan fingerprint density at radius 1 is 1.00 bits per heavy atom. The second-order valence-corrected chi connectivity index (χ2v) is 5.03. The standard InChI is InChI=1S/C18H18O/c1-19-14-18(16-10-3-2-4-11-16)13-7-9-15-8-5-6-12-17(15)18/h2-8,10-13H,9,14H2,1H3. The zero-order valence-electron chi connectivity index (χ0n) is 11.2. The van der Waals surface area contributed by atoms with Gasteiger partial charge in [0.05, 0.1) is 12.0 Å². The van der Waals surface area contributed by atoms with Crippen LogP contribution in [0.1, 0.15) is 16.7 Å². The fourth-order valence-corrected chi connectivity index (χ4v) is 3.03. The summed E-state index contributed by atoms with van der Waals surface area (Å²) in [7, 11) is 1.77. The summed E-state index contributed by atoms with van der Waals surface area (Å²) < 4.78 is 5.54. The molecule has 0 amide bonds. The molecule has 2 aromatic carbocycles. The van der Waals surface area contributed by atoms with Crippen LogP contribution in [0.3, 0.4) is 0 Å². The molecule has 0 heterocycles. The van der Waals surface area contributed by atoms with E-state index in [0.29, 0.717) is 6.61 Å². The van der Waals surface area contributed by atoms with Crippen molar-refractivity contribution in [1.29, 1.82) is 0 Å². The summed E-state index contributed by atoms with van der Waals surface area (Å²) in [5, 5.41) is 0. The lowest BCUT2D eigenvalue weighted by atomic mass is 9.70. The second-order valence-electron chi connectivity index (χ2n) is 5.03. The molecule has 0 saturated heterocycles. The van der Waals surface area contributed by atoms with Gasteiger partial charge in [0.2, 0.25) is 0 Å². The van der Waals surface area contributed by atoms with Crippen molar-refractivity contribution in [3.63, 3.8) is 0 Å². The highest BCUT2D eigenvalue weighted by molar-refractivity contribution is 5.51. The Bertz CT molecular complexity index is 586. The molecular weight excluding hydrogens is 232 g/mol. The molecule has 1 aliphatic carbocycles. The number of hydrogen-bond acceptors (Lipinski definition) is 1. The van der Waals surface area contributed by atoms with E-state index in [2.05, 4.69) is 66.7 Å². The van der Waals surface area contributed by atoms with Crippen LogP contribution in [0.2, 0.25) is 0 Å². The van der Waals surface area contributed by atoms with Crippen molar-refractivity contribution in [3.05, 3.63) is 83.4 Å². The fourth-order valence-electron chi connectivity index (χ4n) is 3.03. The molecule has 1 heteroatoms. The molecular formula is C18H18O. The van der Waals surface area contributed by atoms with Crippen LogP contribution in [0.25, 0.3) is 0 Å². The van der Waals surface area contributed by atoms with E-state index in [9.17, 15) is 0 Å². The van der Waals surface area contributed by atoms with Crippen molar-refractivity contribution in [2.24, 2.45) is 0 Å². The summed E-state index contributed by atoms with van der Waals surface area (Å²) >= 11 is 0. The number of rotatable bonds is 3. The lowest BCUT2D eigenvalue weighted by Gasteiger charge is -2.35. The van der Waals surface area contributed by atoms with E-state index in [4.69, 9.17) is 4.74 Å². The molecule has 0 aromatic heterocycles. The molecule has 0 N–H and O–H groups in total. The van der Waals surface area contributed by atoms with Gasteiger partial charge in [0.1, 0.15) is 0 Å². The minimum absolute atomic E-state index is 0.148. The molecule has 0 fully saturated rings. The van der Waals surface area contributed by atoms with Gasteiger partial charge in [-0.1, -0.05) is 66.7 Å². The first kappa shape index (κ1) is 12.2. The third kappa shape index (κ3) is 2.00. The molecule has 1 aliphatic rings. The molecule has 0 spiro atoms. The van der Waals surface area contributed by atoms with E-state index < -0.39 is 0 Å². The quantitative estimate of drug-likeness (QED) is 0.754. The Kier molecular flexibility index (Phi) is 3.22. The molecule has 1 nitrogen and oxygen atoms in total. The molecule has 0 aliphatic heterocycles. The van der Waals surface area contributed by atoms with Crippen LogP contribution < -0.4 is 0 Å². The van der Waals surface area contributed by atoms with E-state index in [-0.39, 0.29) is 5.41 Å². The van der Waals surface area contributed by atoms with Crippen LogP contribution in [0.15, 0.2) is 66.7 Å². The van der Waals surface area contributed by atoms with E-state index in [0.717, 1.165) is 6.42 Å². The minimum Gasteiger partial charge on any atom is -0.383 e. The van der Waals surface area contributed by atoms with Crippen LogP contribution >= 0.6 is 0 Å². The maximum Gasteiger partial charge on any atom is 0.0635 e.